The van der Waals surface area contributed by atoms with Gasteiger partial charge in [0.15, 0.2) is 17.3 Å². The number of ketones is 2. The van der Waals surface area contributed by atoms with Crippen LogP contribution in [0, 0.1) is 0 Å². The largest absolute Gasteiger partial charge is 0.464 e. The molecule has 0 spiro atoms. The van der Waals surface area contributed by atoms with E-state index in [2.05, 4.69) is 4.74 Å². The first-order chi connectivity index (χ1) is 11.7. The Hall–Kier alpha value is -2.64. The lowest BCUT2D eigenvalue weighted by molar-refractivity contribution is -0.316. The summed E-state index contributed by atoms with van der Waals surface area (Å²) in [6, 6.07) is 6.40. The molecule has 3 rings (SSSR count). The molecular formula is C17H12F4O4. The number of rotatable bonds is 5. The molecule has 1 aromatic heterocycles. The topological polar surface area (TPSA) is 56.5 Å². The average Bonchev–Trinajstić information content (AvgIpc) is 3.07. The molecular weight excluding hydrogens is 344 g/mol. The molecule has 1 aromatic carbocycles. The minimum atomic E-state index is -4.64. The van der Waals surface area contributed by atoms with E-state index in [1.165, 1.54) is 24.5 Å². The predicted molar refractivity (Wildman–Crippen MR) is 77.3 cm³/mol. The molecule has 8 heteroatoms. The van der Waals surface area contributed by atoms with Gasteiger partial charge in [0.05, 0.1) is 12.7 Å². The lowest BCUT2D eigenvalue weighted by Crippen LogP contribution is -2.49. The molecule has 0 unspecified atom stereocenters. The van der Waals surface area contributed by atoms with Crippen molar-refractivity contribution in [2.75, 3.05) is 0 Å². The van der Waals surface area contributed by atoms with Gasteiger partial charge in [-0.15, -0.1) is 0 Å². The normalized spacial score (nSPS) is 17.4. The maximum Gasteiger partial charge on any atom is 0.464 e. The molecule has 0 fully saturated rings. The second-order valence-corrected chi connectivity index (χ2v) is 5.65. The molecule has 2 aromatic rings. The molecule has 0 atom stereocenters. The summed E-state index contributed by atoms with van der Waals surface area (Å²) in [7, 11) is 0. The van der Waals surface area contributed by atoms with Crippen LogP contribution in [-0.2, 0) is 6.42 Å². The first-order valence-corrected chi connectivity index (χ1v) is 7.37. The van der Waals surface area contributed by atoms with Gasteiger partial charge in [0.25, 0.3) is 0 Å². The zero-order chi connectivity index (χ0) is 18.2. The molecule has 0 saturated carbocycles. The highest BCUT2D eigenvalue weighted by molar-refractivity contribution is 6.01. The summed E-state index contributed by atoms with van der Waals surface area (Å²) in [5, 5.41) is 0. The highest BCUT2D eigenvalue weighted by atomic mass is 19.3. The Labute approximate surface area is 139 Å². The van der Waals surface area contributed by atoms with E-state index in [1.54, 1.807) is 0 Å². The summed E-state index contributed by atoms with van der Waals surface area (Å²) in [4.78, 5) is 23.9. The van der Waals surface area contributed by atoms with Crippen LogP contribution < -0.4 is 4.74 Å². The Morgan fingerprint density at radius 3 is 2.44 bits per heavy atom. The van der Waals surface area contributed by atoms with E-state index in [4.69, 9.17) is 4.42 Å². The standard InChI is InChI=1S/C17H12F4O4/c18-16(19)9-11-4-3-10(8-15(11)25-17(16,20)21)12(22)5-6-13(23)14-2-1-7-24-14/h1-4,7-8H,5-6,9H2. The monoisotopic (exact) mass is 356 g/mol. The molecule has 2 heterocycles. The fourth-order valence-corrected chi connectivity index (χ4v) is 2.46. The average molecular weight is 356 g/mol. The summed E-state index contributed by atoms with van der Waals surface area (Å²) >= 11 is 0. The molecule has 132 valence electrons. The van der Waals surface area contributed by atoms with Crippen molar-refractivity contribution in [2.45, 2.75) is 31.3 Å². The van der Waals surface area contributed by atoms with E-state index in [-0.39, 0.29) is 35.5 Å². The number of hydrogen-bond acceptors (Lipinski definition) is 4. The number of hydrogen-bond donors (Lipinski definition) is 0. The predicted octanol–water partition coefficient (Wildman–Crippen LogP) is 4.29. The second-order valence-electron chi connectivity index (χ2n) is 5.65. The van der Waals surface area contributed by atoms with Gasteiger partial charge in [0.1, 0.15) is 5.75 Å². The number of carbonyl (C=O) groups is 2. The van der Waals surface area contributed by atoms with Crippen molar-refractivity contribution < 1.29 is 36.3 Å². The van der Waals surface area contributed by atoms with Crippen LogP contribution in [0.5, 0.6) is 5.75 Å². The summed E-state index contributed by atoms with van der Waals surface area (Å²) in [6.45, 7) is 0. The third-order valence-electron chi connectivity index (χ3n) is 3.84. The maximum atomic E-state index is 13.3. The third-order valence-corrected chi connectivity index (χ3v) is 3.84. The highest BCUT2D eigenvalue weighted by Crippen LogP contribution is 2.45. The lowest BCUT2D eigenvalue weighted by Gasteiger charge is -2.32. The number of furan rings is 1. The van der Waals surface area contributed by atoms with Crippen molar-refractivity contribution in [3.63, 3.8) is 0 Å². The molecule has 4 nitrogen and oxygen atoms in total. The van der Waals surface area contributed by atoms with Crippen LogP contribution in [-0.4, -0.2) is 23.6 Å². The zero-order valence-electron chi connectivity index (χ0n) is 12.7. The first kappa shape index (κ1) is 17.2. The van der Waals surface area contributed by atoms with Crippen molar-refractivity contribution in [1.29, 1.82) is 0 Å². The van der Waals surface area contributed by atoms with Gasteiger partial charge < -0.3 is 9.15 Å². The second kappa shape index (κ2) is 6.02. The van der Waals surface area contributed by atoms with Crippen molar-refractivity contribution in [2.24, 2.45) is 0 Å². The summed E-state index contributed by atoms with van der Waals surface area (Å²) in [5.74, 6) is -5.53. The molecule has 0 radical (unpaired) electrons. The van der Waals surface area contributed by atoms with Crippen LogP contribution in [0.4, 0.5) is 17.6 Å². The van der Waals surface area contributed by atoms with E-state index in [1.807, 2.05) is 0 Å². The van der Waals surface area contributed by atoms with E-state index < -0.39 is 30.0 Å². The maximum absolute atomic E-state index is 13.3. The van der Waals surface area contributed by atoms with E-state index in [0.717, 1.165) is 12.1 Å². The highest BCUT2D eigenvalue weighted by Gasteiger charge is 2.62. The number of alkyl halides is 4. The van der Waals surface area contributed by atoms with Crippen LogP contribution in [0.1, 0.15) is 39.3 Å². The smallest absolute Gasteiger partial charge is 0.461 e. The van der Waals surface area contributed by atoms with Gasteiger partial charge in [-0.2, -0.15) is 17.6 Å². The fraction of sp³-hybridized carbons (Fsp3) is 0.294. The Morgan fingerprint density at radius 2 is 1.76 bits per heavy atom. The van der Waals surface area contributed by atoms with Crippen LogP contribution in [0.25, 0.3) is 0 Å². The van der Waals surface area contributed by atoms with Crippen LogP contribution >= 0.6 is 0 Å². The van der Waals surface area contributed by atoms with Crippen LogP contribution in [0.2, 0.25) is 0 Å². The number of halogens is 4. The van der Waals surface area contributed by atoms with Gasteiger partial charge in [-0.1, -0.05) is 12.1 Å². The molecule has 0 saturated heterocycles. The molecule has 0 N–H and O–H groups in total. The van der Waals surface area contributed by atoms with E-state index >= 15 is 0 Å². The van der Waals surface area contributed by atoms with Gasteiger partial charge >= 0.3 is 12.0 Å². The van der Waals surface area contributed by atoms with Crippen molar-refractivity contribution >= 4 is 11.6 Å². The Morgan fingerprint density at radius 1 is 1.04 bits per heavy atom. The third kappa shape index (κ3) is 3.29. The number of carbonyl (C=O) groups excluding carboxylic acids is 2. The summed E-state index contributed by atoms with van der Waals surface area (Å²) < 4.78 is 62.1. The van der Waals surface area contributed by atoms with E-state index in [9.17, 15) is 27.2 Å². The minimum absolute atomic E-state index is 0.00649. The molecule has 25 heavy (non-hydrogen) atoms. The van der Waals surface area contributed by atoms with Crippen LogP contribution in [0.3, 0.4) is 0 Å². The first-order valence-electron chi connectivity index (χ1n) is 7.37. The Balaban J connectivity index is 1.72. The number of ether oxygens (including phenoxy) is 1. The van der Waals surface area contributed by atoms with E-state index in [0.29, 0.717) is 0 Å². The lowest BCUT2D eigenvalue weighted by atomic mass is 9.97. The van der Waals surface area contributed by atoms with Crippen LogP contribution in [0.15, 0.2) is 41.0 Å². The SMILES string of the molecule is O=C(CCC(=O)c1ccco1)c1ccc2c(c1)OC(F)(F)C(F)(F)C2. The molecule has 0 aliphatic carbocycles. The van der Waals surface area contributed by atoms with Crippen molar-refractivity contribution in [3.05, 3.63) is 53.5 Å². The van der Waals surface area contributed by atoms with Gasteiger partial charge in [0, 0.05) is 24.0 Å². The van der Waals surface area contributed by atoms with Gasteiger partial charge in [-0.05, 0) is 18.2 Å². The summed E-state index contributed by atoms with van der Waals surface area (Å²) in [6.07, 6.45) is -4.80. The zero-order valence-corrected chi connectivity index (χ0v) is 12.7. The molecule has 1 aliphatic heterocycles. The van der Waals surface area contributed by atoms with Gasteiger partial charge in [0.2, 0.25) is 0 Å². The number of fused-ring (bicyclic) bond motifs is 1. The molecule has 1 aliphatic rings. The van der Waals surface area contributed by atoms with Crippen molar-refractivity contribution in [1.82, 2.24) is 0 Å². The van der Waals surface area contributed by atoms with Gasteiger partial charge in [-0.3, -0.25) is 9.59 Å². The van der Waals surface area contributed by atoms with Crippen molar-refractivity contribution in [3.8, 4) is 5.75 Å². The Bertz CT molecular complexity index is 812. The minimum Gasteiger partial charge on any atom is -0.461 e. The molecule has 0 bridgehead atoms. The Kier molecular flexibility index (Phi) is 4.14. The number of benzene rings is 1. The summed E-state index contributed by atoms with van der Waals surface area (Å²) in [5.41, 5.74) is -0.105. The quantitative estimate of drug-likeness (QED) is 0.592. The number of Topliss-reactive ketones (excluding diaryl/α,β-unsaturated/α-hetero) is 2. The van der Waals surface area contributed by atoms with Gasteiger partial charge in [-0.25, -0.2) is 0 Å². The molecule has 0 amide bonds. The fourth-order valence-electron chi connectivity index (χ4n) is 2.46.